The lowest BCUT2D eigenvalue weighted by Gasteiger charge is -1.99. The smallest absolute Gasteiger partial charge is 0.101 e. The average Bonchev–Trinajstić information content (AvgIpc) is 2.34. The molecule has 2 aromatic rings. The number of nitrogens with zero attached hydrogens (tertiary/aromatic N) is 2. The van der Waals surface area contributed by atoms with Crippen LogP contribution in [0.1, 0.15) is 11.1 Å². The van der Waals surface area contributed by atoms with Gasteiger partial charge >= 0.3 is 0 Å². The SMILES string of the molecule is Cc1ccc(N=C=Nc2ccc(C)cc2S)c(S)c1. The highest BCUT2D eigenvalue weighted by Gasteiger charge is 1.97. The highest BCUT2D eigenvalue weighted by atomic mass is 32.1. The van der Waals surface area contributed by atoms with Crippen molar-refractivity contribution in [2.75, 3.05) is 0 Å². The summed E-state index contributed by atoms with van der Waals surface area (Å²) in [7, 11) is 0. The van der Waals surface area contributed by atoms with Gasteiger partial charge in [-0.05, 0) is 49.2 Å². The van der Waals surface area contributed by atoms with Crippen LogP contribution in [0.5, 0.6) is 0 Å². The molecule has 2 rings (SSSR count). The lowest BCUT2D eigenvalue weighted by atomic mass is 10.2. The van der Waals surface area contributed by atoms with Gasteiger partial charge in [0.25, 0.3) is 0 Å². The number of thiol groups is 2. The van der Waals surface area contributed by atoms with E-state index >= 15 is 0 Å². The molecule has 0 amide bonds. The Morgan fingerprint density at radius 1 is 0.789 bits per heavy atom. The fraction of sp³-hybridized carbons (Fsp3) is 0.133. The number of aliphatic imine (C=N–C) groups is 2. The quantitative estimate of drug-likeness (QED) is 0.572. The first-order valence-corrected chi connectivity index (χ1v) is 6.71. The van der Waals surface area contributed by atoms with Gasteiger partial charge in [0.2, 0.25) is 0 Å². The normalized spacial score (nSPS) is 9.89. The molecule has 0 unspecified atom stereocenters. The van der Waals surface area contributed by atoms with E-state index in [9.17, 15) is 0 Å². The van der Waals surface area contributed by atoms with Crippen LogP contribution >= 0.6 is 25.3 Å². The van der Waals surface area contributed by atoms with E-state index in [1.807, 2.05) is 50.2 Å². The Morgan fingerprint density at radius 2 is 1.21 bits per heavy atom. The van der Waals surface area contributed by atoms with Crippen LogP contribution in [0.2, 0.25) is 0 Å². The first-order valence-electron chi connectivity index (χ1n) is 5.82. The van der Waals surface area contributed by atoms with Crippen molar-refractivity contribution in [2.45, 2.75) is 23.6 Å². The molecule has 0 spiro atoms. The molecule has 0 heterocycles. The Morgan fingerprint density at radius 3 is 1.58 bits per heavy atom. The van der Waals surface area contributed by atoms with Crippen LogP contribution in [0.15, 0.2) is 56.2 Å². The Labute approximate surface area is 124 Å². The molecule has 2 nitrogen and oxygen atoms in total. The third-order valence-electron chi connectivity index (χ3n) is 2.60. The molecular weight excluding hydrogens is 272 g/mol. The first kappa shape index (κ1) is 13.9. The van der Waals surface area contributed by atoms with Gasteiger partial charge in [-0.25, -0.2) is 0 Å². The van der Waals surface area contributed by atoms with E-state index in [-0.39, 0.29) is 0 Å². The minimum absolute atomic E-state index is 0.755. The molecule has 96 valence electrons. The largest absolute Gasteiger partial charge is 0.186 e. The molecule has 0 saturated heterocycles. The van der Waals surface area contributed by atoms with Crippen molar-refractivity contribution in [1.82, 2.24) is 0 Å². The summed E-state index contributed by atoms with van der Waals surface area (Å²) >= 11 is 8.74. The van der Waals surface area contributed by atoms with Gasteiger partial charge in [0, 0.05) is 9.79 Å². The predicted octanol–water partition coefficient (Wildman–Crippen LogP) is 5.02. The van der Waals surface area contributed by atoms with Gasteiger partial charge in [-0.15, -0.1) is 25.3 Å². The van der Waals surface area contributed by atoms with Crippen molar-refractivity contribution in [3.63, 3.8) is 0 Å². The first-order chi connectivity index (χ1) is 9.06. The maximum atomic E-state index is 4.37. The molecule has 0 saturated carbocycles. The average molecular weight is 286 g/mol. The molecule has 19 heavy (non-hydrogen) atoms. The van der Waals surface area contributed by atoms with Crippen LogP contribution in [-0.4, -0.2) is 6.01 Å². The van der Waals surface area contributed by atoms with E-state index in [1.165, 1.54) is 0 Å². The van der Waals surface area contributed by atoms with Crippen molar-refractivity contribution in [2.24, 2.45) is 9.98 Å². The summed E-state index contributed by atoms with van der Waals surface area (Å²) in [6, 6.07) is 14.4. The zero-order chi connectivity index (χ0) is 13.8. The summed E-state index contributed by atoms with van der Waals surface area (Å²) in [5.74, 6) is 0. The zero-order valence-electron chi connectivity index (χ0n) is 10.8. The van der Waals surface area contributed by atoms with Crippen molar-refractivity contribution in [3.05, 3.63) is 47.5 Å². The number of aryl methyl sites for hydroxylation is 2. The predicted molar refractivity (Wildman–Crippen MR) is 86.0 cm³/mol. The molecular formula is C15H14N2S2. The lowest BCUT2D eigenvalue weighted by Crippen LogP contribution is -1.74. The molecule has 0 aromatic heterocycles. The van der Waals surface area contributed by atoms with Crippen LogP contribution in [-0.2, 0) is 0 Å². The molecule has 0 atom stereocenters. The van der Waals surface area contributed by atoms with E-state index in [0.29, 0.717) is 0 Å². The van der Waals surface area contributed by atoms with Gasteiger partial charge in [0.05, 0.1) is 11.4 Å². The van der Waals surface area contributed by atoms with Gasteiger partial charge < -0.3 is 0 Å². The Bertz CT molecular complexity index is 616. The van der Waals surface area contributed by atoms with Crippen molar-refractivity contribution >= 4 is 42.6 Å². The number of rotatable bonds is 2. The fourth-order valence-electron chi connectivity index (χ4n) is 1.59. The Balaban J connectivity index is 2.29. The topological polar surface area (TPSA) is 24.7 Å². The molecule has 4 heteroatoms. The van der Waals surface area contributed by atoms with Gasteiger partial charge in [0.15, 0.2) is 0 Å². The number of benzene rings is 2. The molecule has 0 bridgehead atoms. The van der Waals surface area contributed by atoms with Crippen LogP contribution in [0.3, 0.4) is 0 Å². The van der Waals surface area contributed by atoms with Gasteiger partial charge in [-0.3, -0.25) is 0 Å². The zero-order valence-corrected chi connectivity index (χ0v) is 12.5. The van der Waals surface area contributed by atoms with E-state index in [1.54, 1.807) is 0 Å². The molecule has 0 aliphatic rings. The highest BCUT2D eigenvalue weighted by Crippen LogP contribution is 2.25. The summed E-state index contributed by atoms with van der Waals surface area (Å²) < 4.78 is 0. The monoisotopic (exact) mass is 286 g/mol. The standard InChI is InChI=1S/C15H14N2S2/c1-10-3-5-12(14(18)7-10)16-9-17-13-6-4-11(2)8-15(13)19/h3-8,18-19H,1-2H3. The van der Waals surface area contributed by atoms with E-state index in [2.05, 4.69) is 41.3 Å². The number of hydrogen-bond donors (Lipinski definition) is 2. The third kappa shape index (κ3) is 3.74. The minimum atomic E-state index is 0.755. The van der Waals surface area contributed by atoms with E-state index in [0.717, 1.165) is 32.3 Å². The van der Waals surface area contributed by atoms with E-state index < -0.39 is 0 Å². The summed E-state index contributed by atoms with van der Waals surface area (Å²) in [6.07, 6.45) is 0. The van der Waals surface area contributed by atoms with Crippen LogP contribution in [0.4, 0.5) is 11.4 Å². The second-order valence-corrected chi connectivity index (χ2v) is 5.27. The molecule has 2 aromatic carbocycles. The van der Waals surface area contributed by atoms with Gasteiger partial charge in [0.1, 0.15) is 6.01 Å². The molecule has 0 aliphatic heterocycles. The van der Waals surface area contributed by atoms with Crippen LogP contribution in [0, 0.1) is 13.8 Å². The summed E-state index contributed by atoms with van der Waals surface area (Å²) in [4.78, 5) is 9.99. The van der Waals surface area contributed by atoms with E-state index in [4.69, 9.17) is 0 Å². The Kier molecular flexibility index (Phi) is 4.48. The molecule has 0 N–H and O–H groups in total. The van der Waals surface area contributed by atoms with Crippen molar-refractivity contribution in [1.29, 1.82) is 0 Å². The fourth-order valence-corrected chi connectivity index (χ4v) is 2.25. The van der Waals surface area contributed by atoms with Crippen LogP contribution in [0.25, 0.3) is 0 Å². The van der Waals surface area contributed by atoms with Gasteiger partial charge in [-0.1, -0.05) is 12.1 Å². The van der Waals surface area contributed by atoms with Crippen molar-refractivity contribution in [3.8, 4) is 0 Å². The van der Waals surface area contributed by atoms with Crippen LogP contribution < -0.4 is 0 Å². The molecule has 0 aliphatic carbocycles. The summed E-state index contributed by atoms with van der Waals surface area (Å²) in [5.41, 5.74) is 3.81. The maximum absolute atomic E-state index is 4.37. The third-order valence-corrected chi connectivity index (χ3v) is 3.32. The number of hydrogen-bond acceptors (Lipinski definition) is 4. The minimum Gasteiger partial charge on any atom is -0.186 e. The second-order valence-electron chi connectivity index (χ2n) is 4.31. The molecule has 0 fully saturated rings. The summed E-state index contributed by atoms with van der Waals surface area (Å²) in [5, 5.41) is 0. The second kappa shape index (κ2) is 6.11. The summed E-state index contributed by atoms with van der Waals surface area (Å²) in [6.45, 7) is 4.03. The van der Waals surface area contributed by atoms with Crippen molar-refractivity contribution < 1.29 is 0 Å². The molecule has 0 radical (unpaired) electrons. The lowest BCUT2D eigenvalue weighted by molar-refractivity contribution is 1.31. The highest BCUT2D eigenvalue weighted by molar-refractivity contribution is 7.80. The maximum Gasteiger partial charge on any atom is 0.101 e. The Hall–Kier alpha value is -1.48. The van der Waals surface area contributed by atoms with Gasteiger partial charge in [-0.2, -0.15) is 9.98 Å².